The summed E-state index contributed by atoms with van der Waals surface area (Å²) >= 11 is 1.56. The SMILES string of the molecule is CCc1cc2c(cc1F)c(C#N)c(-c1ccc(SC)cn1)n2-c1cccc(F)c1. The van der Waals surface area contributed by atoms with Crippen LogP contribution in [0.5, 0.6) is 0 Å². The second-order valence-electron chi connectivity index (χ2n) is 6.55. The Hall–Kier alpha value is -3.17. The number of nitriles is 1. The van der Waals surface area contributed by atoms with Crippen LogP contribution in [0.2, 0.25) is 0 Å². The van der Waals surface area contributed by atoms with Crippen LogP contribution in [0.1, 0.15) is 18.1 Å². The Balaban J connectivity index is 2.14. The summed E-state index contributed by atoms with van der Waals surface area (Å²) in [6.45, 7) is 1.87. The minimum absolute atomic E-state index is 0.315. The van der Waals surface area contributed by atoms with Gasteiger partial charge in [0.05, 0.1) is 22.5 Å². The van der Waals surface area contributed by atoms with Crippen molar-refractivity contribution in [2.45, 2.75) is 18.2 Å². The predicted octanol–water partition coefficient (Wildman–Crippen LogP) is 6.13. The fourth-order valence-electron chi connectivity index (χ4n) is 3.50. The molecule has 2 aromatic heterocycles. The molecule has 144 valence electrons. The minimum Gasteiger partial charge on any atom is -0.306 e. The summed E-state index contributed by atoms with van der Waals surface area (Å²) in [6.07, 6.45) is 4.19. The molecule has 0 aliphatic heterocycles. The molecule has 0 N–H and O–H groups in total. The summed E-state index contributed by atoms with van der Waals surface area (Å²) in [5, 5.41) is 10.4. The van der Waals surface area contributed by atoms with Crippen molar-refractivity contribution in [2.75, 3.05) is 6.26 Å². The predicted molar refractivity (Wildman–Crippen MR) is 112 cm³/mol. The third-order valence-corrected chi connectivity index (χ3v) is 5.62. The highest BCUT2D eigenvalue weighted by atomic mass is 32.2. The molecule has 29 heavy (non-hydrogen) atoms. The lowest BCUT2D eigenvalue weighted by atomic mass is 10.1. The van der Waals surface area contributed by atoms with Gasteiger partial charge in [-0.05, 0) is 60.7 Å². The normalized spacial score (nSPS) is 11.0. The van der Waals surface area contributed by atoms with Crippen molar-refractivity contribution in [1.82, 2.24) is 9.55 Å². The number of halogens is 2. The number of pyridine rings is 1. The zero-order valence-electron chi connectivity index (χ0n) is 15.9. The van der Waals surface area contributed by atoms with E-state index >= 15 is 0 Å². The van der Waals surface area contributed by atoms with E-state index in [-0.39, 0.29) is 5.82 Å². The molecule has 2 heterocycles. The molecule has 0 saturated carbocycles. The molecule has 4 aromatic rings. The maximum Gasteiger partial charge on any atom is 0.127 e. The fourth-order valence-corrected chi connectivity index (χ4v) is 3.86. The molecule has 0 aliphatic rings. The van der Waals surface area contributed by atoms with Gasteiger partial charge in [0.15, 0.2) is 0 Å². The molecule has 0 saturated heterocycles. The number of fused-ring (bicyclic) bond motifs is 1. The highest BCUT2D eigenvalue weighted by molar-refractivity contribution is 7.98. The van der Waals surface area contributed by atoms with Gasteiger partial charge < -0.3 is 4.57 Å². The van der Waals surface area contributed by atoms with E-state index in [9.17, 15) is 14.0 Å². The average molecular weight is 405 g/mol. The lowest BCUT2D eigenvalue weighted by molar-refractivity contribution is 0.614. The van der Waals surface area contributed by atoms with Crippen LogP contribution in [0, 0.1) is 23.0 Å². The number of benzene rings is 2. The summed E-state index contributed by atoms with van der Waals surface area (Å²) in [7, 11) is 0. The second kappa shape index (κ2) is 7.69. The van der Waals surface area contributed by atoms with Crippen LogP contribution in [-0.2, 0) is 6.42 Å². The first-order chi connectivity index (χ1) is 14.1. The molecule has 0 spiro atoms. The van der Waals surface area contributed by atoms with Crippen molar-refractivity contribution in [3.63, 3.8) is 0 Å². The zero-order valence-corrected chi connectivity index (χ0v) is 16.7. The first kappa shape index (κ1) is 19.2. The molecular weight excluding hydrogens is 388 g/mol. The number of aromatic nitrogens is 2. The van der Waals surface area contributed by atoms with E-state index in [2.05, 4.69) is 11.1 Å². The molecule has 0 amide bonds. The Kier molecular flexibility index (Phi) is 5.08. The molecular formula is C23H17F2N3S. The van der Waals surface area contributed by atoms with Crippen LogP contribution in [0.15, 0.2) is 59.6 Å². The van der Waals surface area contributed by atoms with Crippen LogP contribution < -0.4 is 0 Å². The van der Waals surface area contributed by atoms with Crippen LogP contribution in [0.25, 0.3) is 28.0 Å². The van der Waals surface area contributed by atoms with Gasteiger partial charge in [0.25, 0.3) is 0 Å². The number of hydrogen-bond acceptors (Lipinski definition) is 3. The van der Waals surface area contributed by atoms with Gasteiger partial charge in [-0.15, -0.1) is 11.8 Å². The number of nitrogens with zero attached hydrogens (tertiary/aromatic N) is 3. The number of thioether (sulfide) groups is 1. The largest absolute Gasteiger partial charge is 0.306 e. The van der Waals surface area contributed by atoms with Gasteiger partial charge in [-0.2, -0.15) is 5.26 Å². The molecule has 3 nitrogen and oxygen atoms in total. The van der Waals surface area contributed by atoms with Gasteiger partial charge in [-0.1, -0.05) is 13.0 Å². The number of aryl methyl sites for hydroxylation is 1. The quantitative estimate of drug-likeness (QED) is 0.384. The number of hydrogen-bond donors (Lipinski definition) is 0. The Bertz CT molecular complexity index is 1250. The Morgan fingerprint density at radius 2 is 1.97 bits per heavy atom. The highest BCUT2D eigenvalue weighted by Crippen LogP contribution is 2.37. The molecule has 0 unspecified atom stereocenters. The van der Waals surface area contributed by atoms with Crippen LogP contribution in [0.3, 0.4) is 0 Å². The minimum atomic E-state index is -0.391. The molecule has 2 aromatic carbocycles. The first-order valence-electron chi connectivity index (χ1n) is 9.10. The molecule has 0 aliphatic carbocycles. The van der Waals surface area contributed by atoms with Crippen LogP contribution in [-0.4, -0.2) is 15.8 Å². The van der Waals surface area contributed by atoms with Crippen molar-refractivity contribution in [2.24, 2.45) is 0 Å². The van der Waals surface area contributed by atoms with Crippen molar-refractivity contribution in [1.29, 1.82) is 5.26 Å². The standard InChI is InChI=1S/C23H17F2N3S/c1-3-14-9-22-18(11-20(14)25)19(12-26)23(21-8-7-17(29-2)13-27-21)28(22)16-6-4-5-15(24)10-16/h4-11,13H,3H2,1-2H3. The van der Waals surface area contributed by atoms with Gasteiger partial charge in [0, 0.05) is 22.2 Å². The van der Waals surface area contributed by atoms with Crippen molar-refractivity contribution >= 4 is 22.7 Å². The van der Waals surface area contributed by atoms with E-state index in [1.807, 2.05) is 25.3 Å². The molecule has 0 radical (unpaired) electrons. The van der Waals surface area contributed by atoms with E-state index in [4.69, 9.17) is 0 Å². The number of rotatable bonds is 4. The first-order valence-corrected chi connectivity index (χ1v) is 10.3. The van der Waals surface area contributed by atoms with E-state index in [1.54, 1.807) is 40.7 Å². The summed E-state index contributed by atoms with van der Waals surface area (Å²) in [5.41, 5.74) is 3.14. The third-order valence-electron chi connectivity index (χ3n) is 4.91. The lowest BCUT2D eigenvalue weighted by Crippen LogP contribution is -2.00. The fraction of sp³-hybridized carbons (Fsp3) is 0.130. The Morgan fingerprint density at radius 3 is 2.59 bits per heavy atom. The Labute approximate surface area is 171 Å². The van der Waals surface area contributed by atoms with E-state index in [0.717, 1.165) is 4.90 Å². The third kappa shape index (κ3) is 3.28. The topological polar surface area (TPSA) is 41.6 Å². The lowest BCUT2D eigenvalue weighted by Gasteiger charge is -2.12. The summed E-state index contributed by atoms with van der Waals surface area (Å²) < 4.78 is 30.4. The van der Waals surface area contributed by atoms with Crippen molar-refractivity contribution < 1.29 is 8.78 Å². The maximum absolute atomic E-state index is 14.5. The van der Waals surface area contributed by atoms with E-state index < -0.39 is 5.82 Å². The Morgan fingerprint density at radius 1 is 1.14 bits per heavy atom. The van der Waals surface area contributed by atoms with Gasteiger partial charge in [0.2, 0.25) is 0 Å². The summed E-state index contributed by atoms with van der Waals surface area (Å²) in [6, 6.07) is 15.2. The smallest absolute Gasteiger partial charge is 0.127 e. The molecule has 0 atom stereocenters. The van der Waals surface area contributed by atoms with Crippen molar-refractivity contribution in [3.05, 3.63) is 77.5 Å². The van der Waals surface area contributed by atoms with Gasteiger partial charge >= 0.3 is 0 Å². The van der Waals surface area contributed by atoms with E-state index in [1.165, 1.54) is 18.2 Å². The summed E-state index contributed by atoms with van der Waals surface area (Å²) in [4.78, 5) is 5.50. The van der Waals surface area contributed by atoms with Gasteiger partial charge in [-0.3, -0.25) is 4.98 Å². The molecule has 4 rings (SSSR count). The van der Waals surface area contributed by atoms with Crippen molar-refractivity contribution in [3.8, 4) is 23.1 Å². The monoisotopic (exact) mass is 405 g/mol. The van der Waals surface area contributed by atoms with Crippen LogP contribution in [0.4, 0.5) is 8.78 Å². The molecule has 6 heteroatoms. The second-order valence-corrected chi connectivity index (χ2v) is 7.43. The van der Waals surface area contributed by atoms with E-state index in [0.29, 0.717) is 45.5 Å². The zero-order chi connectivity index (χ0) is 20.5. The highest BCUT2D eigenvalue weighted by Gasteiger charge is 2.22. The van der Waals surface area contributed by atoms with Gasteiger partial charge in [0.1, 0.15) is 17.7 Å². The molecule has 0 fully saturated rings. The summed E-state index contributed by atoms with van der Waals surface area (Å²) in [5.74, 6) is -0.748. The van der Waals surface area contributed by atoms with Gasteiger partial charge in [-0.25, -0.2) is 8.78 Å². The average Bonchev–Trinajstić information content (AvgIpc) is 3.06. The molecule has 0 bridgehead atoms. The maximum atomic E-state index is 14.5. The van der Waals surface area contributed by atoms with Crippen LogP contribution >= 0.6 is 11.8 Å².